The highest BCUT2D eigenvalue weighted by atomic mass is 79.9. The molecular formula is C11H10BrF3O2. The topological polar surface area (TPSA) is 18.5 Å². The summed E-state index contributed by atoms with van der Waals surface area (Å²) in [5.41, 5.74) is -0.0937. The van der Waals surface area contributed by atoms with Gasteiger partial charge in [0.2, 0.25) is 5.79 Å². The molecule has 1 fully saturated rings. The van der Waals surface area contributed by atoms with E-state index in [0.717, 1.165) is 12.1 Å². The average molecular weight is 311 g/mol. The molecule has 0 unspecified atom stereocenters. The van der Waals surface area contributed by atoms with Gasteiger partial charge in [-0.1, -0.05) is 28.1 Å². The summed E-state index contributed by atoms with van der Waals surface area (Å²) in [7, 11) is 0. The van der Waals surface area contributed by atoms with Crippen molar-refractivity contribution in [2.75, 3.05) is 18.5 Å². The second-order valence-electron chi connectivity index (χ2n) is 3.66. The first kappa shape index (κ1) is 12.9. The second kappa shape index (κ2) is 4.59. The van der Waals surface area contributed by atoms with Crippen LogP contribution in [-0.2, 0) is 21.4 Å². The van der Waals surface area contributed by atoms with Gasteiger partial charge in [0.05, 0.1) is 24.1 Å². The highest BCUT2D eigenvalue weighted by molar-refractivity contribution is 9.09. The molecule has 0 atom stereocenters. The van der Waals surface area contributed by atoms with Crippen molar-refractivity contribution in [3.05, 3.63) is 35.4 Å². The molecule has 0 aliphatic carbocycles. The van der Waals surface area contributed by atoms with E-state index in [2.05, 4.69) is 15.9 Å². The zero-order chi connectivity index (χ0) is 12.5. The Bertz CT molecular complexity index is 383. The fourth-order valence-corrected chi connectivity index (χ4v) is 2.34. The van der Waals surface area contributed by atoms with E-state index >= 15 is 0 Å². The number of benzene rings is 1. The molecule has 1 aromatic rings. The van der Waals surface area contributed by atoms with Gasteiger partial charge in [0, 0.05) is 5.56 Å². The fraction of sp³-hybridized carbons (Fsp3) is 0.455. The van der Waals surface area contributed by atoms with Crippen LogP contribution in [0.1, 0.15) is 11.1 Å². The van der Waals surface area contributed by atoms with Crippen LogP contribution >= 0.6 is 15.9 Å². The standard InChI is InChI=1S/C11H10BrF3O2/c12-7-10(16-5-6-17-10)8-1-3-9(4-2-8)11(13,14)15/h1-4H,5-7H2. The molecule has 0 saturated carbocycles. The molecule has 1 saturated heterocycles. The summed E-state index contributed by atoms with van der Waals surface area (Å²) in [4.78, 5) is 0. The summed E-state index contributed by atoms with van der Waals surface area (Å²) in [6.07, 6.45) is -4.32. The first-order chi connectivity index (χ1) is 7.98. The van der Waals surface area contributed by atoms with Gasteiger partial charge < -0.3 is 9.47 Å². The van der Waals surface area contributed by atoms with E-state index < -0.39 is 17.5 Å². The van der Waals surface area contributed by atoms with E-state index in [1.807, 2.05) is 0 Å². The zero-order valence-corrected chi connectivity index (χ0v) is 10.3. The van der Waals surface area contributed by atoms with Crippen LogP contribution in [0, 0.1) is 0 Å². The maximum absolute atomic E-state index is 12.4. The molecule has 1 aliphatic heterocycles. The van der Waals surface area contributed by atoms with Crippen molar-refractivity contribution in [2.45, 2.75) is 12.0 Å². The minimum atomic E-state index is -4.32. The molecule has 1 aliphatic rings. The lowest BCUT2D eigenvalue weighted by Crippen LogP contribution is -2.29. The van der Waals surface area contributed by atoms with Crippen LogP contribution in [-0.4, -0.2) is 18.5 Å². The molecular weight excluding hydrogens is 301 g/mol. The number of hydrogen-bond donors (Lipinski definition) is 0. The van der Waals surface area contributed by atoms with Crippen molar-refractivity contribution in [1.29, 1.82) is 0 Å². The van der Waals surface area contributed by atoms with Crippen LogP contribution in [0.2, 0.25) is 0 Å². The van der Waals surface area contributed by atoms with E-state index in [1.165, 1.54) is 12.1 Å². The SMILES string of the molecule is FC(F)(F)c1ccc(C2(CBr)OCCO2)cc1. The number of alkyl halides is 4. The van der Waals surface area contributed by atoms with Gasteiger partial charge in [-0.3, -0.25) is 0 Å². The van der Waals surface area contributed by atoms with Gasteiger partial charge in [-0.25, -0.2) is 0 Å². The number of halogens is 4. The summed E-state index contributed by atoms with van der Waals surface area (Å²) < 4.78 is 48.1. The molecule has 94 valence electrons. The first-order valence-corrected chi connectivity index (χ1v) is 6.12. The van der Waals surface area contributed by atoms with Crippen LogP contribution in [0.25, 0.3) is 0 Å². The fourth-order valence-electron chi connectivity index (χ4n) is 1.69. The van der Waals surface area contributed by atoms with Gasteiger partial charge in [-0.2, -0.15) is 13.2 Å². The number of hydrogen-bond acceptors (Lipinski definition) is 2. The summed E-state index contributed by atoms with van der Waals surface area (Å²) in [5.74, 6) is -0.954. The van der Waals surface area contributed by atoms with Crippen LogP contribution < -0.4 is 0 Å². The zero-order valence-electron chi connectivity index (χ0n) is 8.76. The highest BCUT2D eigenvalue weighted by Crippen LogP contribution is 2.35. The quantitative estimate of drug-likeness (QED) is 0.780. The van der Waals surface area contributed by atoms with E-state index in [1.54, 1.807) is 0 Å². The molecule has 0 aromatic heterocycles. The van der Waals surface area contributed by atoms with Crippen LogP contribution in [0.3, 0.4) is 0 Å². The molecule has 1 aromatic carbocycles. The maximum Gasteiger partial charge on any atom is 0.416 e. The Hall–Kier alpha value is -0.590. The molecule has 0 bridgehead atoms. The van der Waals surface area contributed by atoms with E-state index in [0.29, 0.717) is 24.1 Å². The van der Waals surface area contributed by atoms with Crippen molar-refractivity contribution in [2.24, 2.45) is 0 Å². The van der Waals surface area contributed by atoms with Crippen LogP contribution in [0.4, 0.5) is 13.2 Å². The predicted molar refractivity (Wildman–Crippen MR) is 58.8 cm³/mol. The smallest absolute Gasteiger partial charge is 0.343 e. The Balaban J connectivity index is 2.28. The van der Waals surface area contributed by atoms with E-state index in [9.17, 15) is 13.2 Å². The Morgan fingerprint density at radius 3 is 2.06 bits per heavy atom. The summed E-state index contributed by atoms with van der Waals surface area (Å²) in [5, 5.41) is 0.380. The molecule has 0 radical (unpaired) electrons. The molecule has 1 heterocycles. The first-order valence-electron chi connectivity index (χ1n) is 4.99. The largest absolute Gasteiger partial charge is 0.416 e. The van der Waals surface area contributed by atoms with Crippen molar-refractivity contribution in [3.8, 4) is 0 Å². The molecule has 2 nitrogen and oxygen atoms in total. The third-order valence-electron chi connectivity index (χ3n) is 2.58. The third kappa shape index (κ3) is 2.48. The molecule has 17 heavy (non-hydrogen) atoms. The second-order valence-corrected chi connectivity index (χ2v) is 4.22. The van der Waals surface area contributed by atoms with Crippen molar-refractivity contribution >= 4 is 15.9 Å². The van der Waals surface area contributed by atoms with E-state index in [4.69, 9.17) is 9.47 Å². The Kier molecular flexibility index (Phi) is 3.47. The minimum Gasteiger partial charge on any atom is -0.343 e. The molecule has 0 spiro atoms. The predicted octanol–water partition coefficient (Wildman–Crippen LogP) is 3.30. The third-order valence-corrected chi connectivity index (χ3v) is 3.32. The lowest BCUT2D eigenvalue weighted by molar-refractivity contribution is -0.145. The molecule has 2 rings (SSSR count). The maximum atomic E-state index is 12.4. The van der Waals surface area contributed by atoms with Crippen molar-refractivity contribution < 1.29 is 22.6 Å². The van der Waals surface area contributed by atoms with Crippen molar-refractivity contribution in [3.63, 3.8) is 0 Å². The number of rotatable bonds is 2. The highest BCUT2D eigenvalue weighted by Gasteiger charge is 2.38. The van der Waals surface area contributed by atoms with Gasteiger partial charge in [0.15, 0.2) is 0 Å². The minimum absolute atomic E-state index is 0.380. The lowest BCUT2D eigenvalue weighted by Gasteiger charge is -2.25. The monoisotopic (exact) mass is 310 g/mol. The van der Waals surface area contributed by atoms with E-state index in [-0.39, 0.29) is 0 Å². The molecule has 0 N–H and O–H groups in total. The Labute approximate surface area is 105 Å². The van der Waals surface area contributed by atoms with Crippen LogP contribution in [0.5, 0.6) is 0 Å². The lowest BCUT2D eigenvalue weighted by atomic mass is 10.1. The van der Waals surface area contributed by atoms with Crippen molar-refractivity contribution in [1.82, 2.24) is 0 Å². The van der Waals surface area contributed by atoms with Gasteiger partial charge in [-0.05, 0) is 12.1 Å². The average Bonchev–Trinajstić information content (AvgIpc) is 2.78. The summed E-state index contributed by atoms with van der Waals surface area (Å²) >= 11 is 3.26. The van der Waals surface area contributed by atoms with Gasteiger partial charge in [-0.15, -0.1) is 0 Å². The normalized spacial score (nSPS) is 19.5. The van der Waals surface area contributed by atoms with Gasteiger partial charge >= 0.3 is 6.18 Å². The van der Waals surface area contributed by atoms with Gasteiger partial charge in [0.25, 0.3) is 0 Å². The number of ether oxygens (including phenoxy) is 2. The molecule has 0 amide bonds. The van der Waals surface area contributed by atoms with Crippen LogP contribution in [0.15, 0.2) is 24.3 Å². The summed E-state index contributed by atoms with van der Waals surface area (Å²) in [6.45, 7) is 0.874. The molecule has 6 heteroatoms. The van der Waals surface area contributed by atoms with Gasteiger partial charge in [0.1, 0.15) is 0 Å². The Morgan fingerprint density at radius 2 is 1.65 bits per heavy atom. The Morgan fingerprint density at radius 1 is 1.12 bits per heavy atom. The summed E-state index contributed by atoms with van der Waals surface area (Å²) in [6, 6.07) is 4.83.